The summed E-state index contributed by atoms with van der Waals surface area (Å²) in [6.45, 7) is 2.90. The van der Waals surface area contributed by atoms with E-state index in [4.69, 9.17) is 11.0 Å². The monoisotopic (exact) mass is 215 g/mol. The maximum atomic E-state index is 8.69. The largest absolute Gasteiger partial charge is 0.399 e. The Morgan fingerprint density at radius 1 is 1.50 bits per heavy atom. The minimum absolute atomic E-state index is 0.574. The van der Waals surface area contributed by atoms with Gasteiger partial charge in [-0.15, -0.1) is 0 Å². The highest BCUT2D eigenvalue weighted by atomic mass is 15.2. The number of nitrogen functional groups attached to an aromatic ring is 1. The maximum absolute atomic E-state index is 8.69. The maximum Gasteiger partial charge on any atom is 0.0640 e. The highest BCUT2D eigenvalue weighted by Crippen LogP contribution is 2.34. The van der Waals surface area contributed by atoms with E-state index in [0.717, 1.165) is 12.2 Å². The van der Waals surface area contributed by atoms with Crippen LogP contribution in [0.2, 0.25) is 0 Å². The van der Waals surface area contributed by atoms with Crippen LogP contribution >= 0.6 is 0 Å². The number of rotatable bonds is 4. The number of aryl methyl sites for hydroxylation is 1. The van der Waals surface area contributed by atoms with E-state index in [1.165, 1.54) is 24.1 Å². The molecule has 0 unspecified atom stereocenters. The van der Waals surface area contributed by atoms with Crippen LogP contribution in [-0.4, -0.2) is 12.6 Å². The fourth-order valence-corrected chi connectivity index (χ4v) is 1.99. The van der Waals surface area contributed by atoms with E-state index in [0.29, 0.717) is 12.5 Å². The van der Waals surface area contributed by atoms with Crippen molar-refractivity contribution in [3.8, 4) is 6.07 Å². The first-order valence-corrected chi connectivity index (χ1v) is 5.72. The number of hydrogen-bond donors (Lipinski definition) is 1. The van der Waals surface area contributed by atoms with Crippen LogP contribution in [0.5, 0.6) is 0 Å². The van der Waals surface area contributed by atoms with Gasteiger partial charge in [0.05, 0.1) is 12.5 Å². The van der Waals surface area contributed by atoms with Crippen LogP contribution in [0.15, 0.2) is 18.2 Å². The van der Waals surface area contributed by atoms with Gasteiger partial charge in [0.2, 0.25) is 0 Å². The van der Waals surface area contributed by atoms with Crippen molar-refractivity contribution in [1.29, 1.82) is 5.26 Å². The summed E-state index contributed by atoms with van der Waals surface area (Å²) in [7, 11) is 0. The van der Waals surface area contributed by atoms with Crippen molar-refractivity contribution in [2.45, 2.75) is 32.2 Å². The molecule has 2 rings (SSSR count). The third-order valence-electron chi connectivity index (χ3n) is 2.99. The molecule has 0 spiro atoms. The van der Waals surface area contributed by atoms with Crippen LogP contribution in [-0.2, 0) is 0 Å². The van der Waals surface area contributed by atoms with Crippen LogP contribution in [0, 0.1) is 18.3 Å². The minimum Gasteiger partial charge on any atom is -0.399 e. The zero-order valence-electron chi connectivity index (χ0n) is 9.61. The zero-order chi connectivity index (χ0) is 11.5. The molecule has 0 aliphatic heterocycles. The smallest absolute Gasteiger partial charge is 0.0640 e. The summed E-state index contributed by atoms with van der Waals surface area (Å²) < 4.78 is 0. The summed E-state index contributed by atoms with van der Waals surface area (Å²) >= 11 is 0. The first-order chi connectivity index (χ1) is 7.72. The second-order valence-corrected chi connectivity index (χ2v) is 4.38. The van der Waals surface area contributed by atoms with E-state index in [2.05, 4.69) is 17.9 Å². The summed E-state index contributed by atoms with van der Waals surface area (Å²) in [6.07, 6.45) is 3.05. The zero-order valence-corrected chi connectivity index (χ0v) is 9.61. The van der Waals surface area contributed by atoms with Gasteiger partial charge in [-0.25, -0.2) is 0 Å². The molecule has 0 heterocycles. The van der Waals surface area contributed by atoms with Crippen LogP contribution in [0.1, 0.15) is 24.8 Å². The second kappa shape index (κ2) is 4.44. The Kier molecular flexibility index (Phi) is 3.00. The molecule has 1 saturated carbocycles. The summed E-state index contributed by atoms with van der Waals surface area (Å²) in [5.74, 6) is 0. The van der Waals surface area contributed by atoms with Crippen molar-refractivity contribution in [2.24, 2.45) is 0 Å². The lowest BCUT2D eigenvalue weighted by Crippen LogP contribution is -2.27. The predicted octanol–water partition coefficient (Wildman–Crippen LogP) is 2.46. The second-order valence-electron chi connectivity index (χ2n) is 4.38. The van der Waals surface area contributed by atoms with Gasteiger partial charge >= 0.3 is 0 Å². The number of nitrogens with zero attached hydrogens (tertiary/aromatic N) is 2. The van der Waals surface area contributed by atoms with Crippen LogP contribution in [0.25, 0.3) is 0 Å². The molecule has 1 fully saturated rings. The van der Waals surface area contributed by atoms with Gasteiger partial charge in [0.1, 0.15) is 0 Å². The molecule has 3 nitrogen and oxygen atoms in total. The molecular weight excluding hydrogens is 198 g/mol. The molecule has 0 saturated heterocycles. The molecule has 0 atom stereocenters. The summed E-state index contributed by atoms with van der Waals surface area (Å²) in [5, 5.41) is 8.69. The average Bonchev–Trinajstić information content (AvgIpc) is 3.08. The Morgan fingerprint density at radius 3 is 2.88 bits per heavy atom. The molecule has 0 bridgehead atoms. The van der Waals surface area contributed by atoms with Gasteiger partial charge in [0, 0.05) is 24.0 Å². The molecule has 1 aromatic rings. The van der Waals surface area contributed by atoms with Gasteiger partial charge in [0.15, 0.2) is 0 Å². The molecular formula is C13H17N3. The Bertz CT molecular complexity index is 416. The number of hydrogen-bond acceptors (Lipinski definition) is 3. The van der Waals surface area contributed by atoms with Crippen molar-refractivity contribution in [2.75, 3.05) is 17.2 Å². The topological polar surface area (TPSA) is 53.0 Å². The summed E-state index contributed by atoms with van der Waals surface area (Å²) in [6, 6.07) is 8.82. The quantitative estimate of drug-likeness (QED) is 0.785. The third-order valence-corrected chi connectivity index (χ3v) is 2.99. The molecule has 2 N–H and O–H groups in total. The summed E-state index contributed by atoms with van der Waals surface area (Å²) in [4.78, 5) is 2.33. The number of benzene rings is 1. The van der Waals surface area contributed by atoms with Crippen molar-refractivity contribution >= 4 is 11.4 Å². The first-order valence-electron chi connectivity index (χ1n) is 5.72. The Labute approximate surface area is 96.5 Å². The standard InChI is InChI=1S/C13H17N3/c1-10-3-4-11(15)9-13(10)16(8-2-7-14)12-5-6-12/h3-4,9,12H,2,5-6,8,15H2,1H3. The lowest BCUT2D eigenvalue weighted by atomic mass is 10.1. The lowest BCUT2D eigenvalue weighted by molar-refractivity contribution is 0.790. The van der Waals surface area contributed by atoms with Crippen molar-refractivity contribution < 1.29 is 0 Å². The third kappa shape index (κ3) is 2.27. The van der Waals surface area contributed by atoms with Crippen LogP contribution < -0.4 is 10.6 Å². The molecule has 3 heteroatoms. The van der Waals surface area contributed by atoms with E-state index < -0.39 is 0 Å². The average molecular weight is 215 g/mol. The van der Waals surface area contributed by atoms with Gasteiger partial charge in [0.25, 0.3) is 0 Å². The number of nitriles is 1. The molecule has 1 aliphatic rings. The van der Waals surface area contributed by atoms with Crippen molar-refractivity contribution in [1.82, 2.24) is 0 Å². The van der Waals surface area contributed by atoms with Crippen molar-refractivity contribution in [3.63, 3.8) is 0 Å². The van der Waals surface area contributed by atoms with Crippen LogP contribution in [0.3, 0.4) is 0 Å². The fourth-order valence-electron chi connectivity index (χ4n) is 1.99. The van der Waals surface area contributed by atoms with Crippen LogP contribution in [0.4, 0.5) is 11.4 Å². The first kappa shape index (κ1) is 10.8. The fraction of sp³-hybridized carbons (Fsp3) is 0.462. The molecule has 1 aliphatic carbocycles. The highest BCUT2D eigenvalue weighted by Gasteiger charge is 2.29. The van der Waals surface area contributed by atoms with E-state index in [1.54, 1.807) is 0 Å². The van der Waals surface area contributed by atoms with Gasteiger partial charge in [-0.05, 0) is 37.5 Å². The van der Waals surface area contributed by atoms with Gasteiger partial charge < -0.3 is 10.6 Å². The molecule has 0 aromatic heterocycles. The molecule has 0 radical (unpaired) electrons. The van der Waals surface area contributed by atoms with E-state index in [1.807, 2.05) is 18.2 Å². The normalized spacial score (nSPS) is 14.5. The minimum atomic E-state index is 0.574. The lowest BCUT2D eigenvalue weighted by Gasteiger charge is -2.25. The summed E-state index contributed by atoms with van der Waals surface area (Å²) in [5.41, 5.74) is 9.05. The van der Waals surface area contributed by atoms with Gasteiger partial charge in [-0.2, -0.15) is 5.26 Å². The Hall–Kier alpha value is -1.69. The van der Waals surface area contributed by atoms with E-state index in [-0.39, 0.29) is 0 Å². The molecule has 84 valence electrons. The van der Waals surface area contributed by atoms with E-state index >= 15 is 0 Å². The van der Waals surface area contributed by atoms with Gasteiger partial charge in [-0.1, -0.05) is 6.07 Å². The predicted molar refractivity (Wildman–Crippen MR) is 66.2 cm³/mol. The molecule has 1 aromatic carbocycles. The van der Waals surface area contributed by atoms with Crippen molar-refractivity contribution in [3.05, 3.63) is 23.8 Å². The molecule has 0 amide bonds. The number of anilines is 2. The highest BCUT2D eigenvalue weighted by molar-refractivity contribution is 5.62. The Balaban J connectivity index is 2.23. The van der Waals surface area contributed by atoms with E-state index in [9.17, 15) is 0 Å². The Morgan fingerprint density at radius 2 is 2.25 bits per heavy atom. The molecule has 16 heavy (non-hydrogen) atoms. The number of nitrogens with two attached hydrogens (primary N) is 1. The van der Waals surface area contributed by atoms with Gasteiger partial charge in [-0.3, -0.25) is 0 Å². The SMILES string of the molecule is Cc1ccc(N)cc1N(CCC#N)C1CC1.